The minimum Gasteiger partial charge on any atom is -0.337 e. The summed E-state index contributed by atoms with van der Waals surface area (Å²) >= 11 is 3.34. The number of hydrogen-bond acceptors (Lipinski definition) is 5. The fraction of sp³-hybridized carbons (Fsp3) is 0.364. The summed E-state index contributed by atoms with van der Waals surface area (Å²) in [5.74, 6) is 1.20. The van der Waals surface area contributed by atoms with Gasteiger partial charge in [0.1, 0.15) is 5.69 Å². The van der Waals surface area contributed by atoms with Gasteiger partial charge in [-0.15, -0.1) is 0 Å². The van der Waals surface area contributed by atoms with Crippen molar-refractivity contribution in [2.75, 3.05) is 6.54 Å². The zero-order valence-electron chi connectivity index (χ0n) is 9.06. The van der Waals surface area contributed by atoms with Crippen LogP contribution in [0.15, 0.2) is 27.3 Å². The molecule has 0 aliphatic carbocycles. The van der Waals surface area contributed by atoms with Gasteiger partial charge in [0.25, 0.3) is 0 Å². The zero-order chi connectivity index (χ0) is 11.7. The van der Waals surface area contributed by atoms with Gasteiger partial charge >= 0.3 is 0 Å². The Morgan fingerprint density at radius 2 is 2.35 bits per heavy atom. The van der Waals surface area contributed by atoms with Crippen LogP contribution in [-0.2, 0) is 0 Å². The van der Waals surface area contributed by atoms with E-state index in [1.807, 2.05) is 12.1 Å². The van der Waals surface area contributed by atoms with Crippen LogP contribution < -0.4 is 5.32 Å². The van der Waals surface area contributed by atoms with Gasteiger partial charge in [-0.3, -0.25) is 4.98 Å². The topological polar surface area (TPSA) is 63.8 Å². The molecule has 2 aromatic rings. The molecule has 0 unspecified atom stereocenters. The molecular weight excluding hydrogens is 284 g/mol. The first-order valence-electron chi connectivity index (χ1n) is 5.52. The smallest absolute Gasteiger partial charge is 0.244 e. The molecule has 0 saturated carbocycles. The normalized spacial score (nSPS) is 19.7. The Kier molecular flexibility index (Phi) is 2.90. The Bertz CT molecular complexity index is 504. The maximum Gasteiger partial charge on any atom is 0.244 e. The Balaban J connectivity index is 1.86. The Morgan fingerprint density at radius 3 is 3.06 bits per heavy atom. The molecule has 1 fully saturated rings. The van der Waals surface area contributed by atoms with Gasteiger partial charge in [-0.1, -0.05) is 5.16 Å². The van der Waals surface area contributed by atoms with Crippen LogP contribution in [0.3, 0.4) is 0 Å². The van der Waals surface area contributed by atoms with Crippen LogP contribution in [0.25, 0.3) is 11.5 Å². The second kappa shape index (κ2) is 4.54. The first-order valence-corrected chi connectivity index (χ1v) is 6.31. The predicted octanol–water partition coefficient (Wildman–Crippen LogP) is 2.32. The third-order valence-corrected chi connectivity index (χ3v) is 3.23. The molecule has 1 N–H and O–H groups in total. The van der Waals surface area contributed by atoms with Crippen molar-refractivity contribution >= 4 is 15.9 Å². The summed E-state index contributed by atoms with van der Waals surface area (Å²) in [5.41, 5.74) is 0.723. The van der Waals surface area contributed by atoms with E-state index in [-0.39, 0.29) is 6.04 Å². The number of aromatic nitrogens is 3. The van der Waals surface area contributed by atoms with E-state index < -0.39 is 0 Å². The number of halogens is 1. The molecule has 2 aromatic heterocycles. The molecule has 1 aliphatic heterocycles. The van der Waals surface area contributed by atoms with Crippen molar-refractivity contribution in [3.8, 4) is 11.5 Å². The Labute approximate surface area is 107 Å². The molecule has 1 atom stereocenters. The molecule has 0 bridgehead atoms. The summed E-state index contributed by atoms with van der Waals surface area (Å²) in [6, 6.07) is 3.97. The third-order valence-electron chi connectivity index (χ3n) is 2.76. The van der Waals surface area contributed by atoms with Gasteiger partial charge in [0.2, 0.25) is 11.7 Å². The van der Waals surface area contributed by atoms with Crippen molar-refractivity contribution in [3.63, 3.8) is 0 Å². The van der Waals surface area contributed by atoms with Gasteiger partial charge in [-0.05, 0) is 47.4 Å². The average Bonchev–Trinajstić information content (AvgIpc) is 3.00. The summed E-state index contributed by atoms with van der Waals surface area (Å²) in [6.45, 7) is 1.01. The first-order chi connectivity index (χ1) is 8.33. The van der Waals surface area contributed by atoms with Crippen molar-refractivity contribution in [1.29, 1.82) is 0 Å². The number of pyridine rings is 1. The molecule has 0 aromatic carbocycles. The predicted molar refractivity (Wildman–Crippen MR) is 65.2 cm³/mol. The van der Waals surface area contributed by atoms with Crippen LogP contribution in [0.5, 0.6) is 0 Å². The lowest BCUT2D eigenvalue weighted by Crippen LogP contribution is -2.12. The SMILES string of the molecule is Brc1ccc(-c2noc([C@@H]3CCCN3)n2)nc1. The van der Waals surface area contributed by atoms with Crippen LogP contribution in [0.1, 0.15) is 24.8 Å². The van der Waals surface area contributed by atoms with Crippen LogP contribution in [0, 0.1) is 0 Å². The van der Waals surface area contributed by atoms with E-state index in [2.05, 4.69) is 36.4 Å². The van der Waals surface area contributed by atoms with Crippen LogP contribution in [0.2, 0.25) is 0 Å². The van der Waals surface area contributed by atoms with Crippen LogP contribution in [0.4, 0.5) is 0 Å². The van der Waals surface area contributed by atoms with E-state index in [0.717, 1.165) is 29.6 Å². The molecule has 0 spiro atoms. The zero-order valence-corrected chi connectivity index (χ0v) is 10.6. The van der Waals surface area contributed by atoms with Crippen LogP contribution in [-0.4, -0.2) is 21.7 Å². The molecule has 1 aliphatic rings. The lowest BCUT2D eigenvalue weighted by atomic mass is 10.2. The van der Waals surface area contributed by atoms with Crippen LogP contribution >= 0.6 is 15.9 Å². The molecular formula is C11H11BrN4O. The van der Waals surface area contributed by atoms with Crippen molar-refractivity contribution in [2.45, 2.75) is 18.9 Å². The van der Waals surface area contributed by atoms with Gasteiger partial charge in [-0.2, -0.15) is 4.98 Å². The molecule has 17 heavy (non-hydrogen) atoms. The van der Waals surface area contributed by atoms with Crippen molar-refractivity contribution in [3.05, 3.63) is 28.7 Å². The Morgan fingerprint density at radius 1 is 1.41 bits per heavy atom. The molecule has 0 radical (unpaired) electrons. The van der Waals surface area contributed by atoms with Gasteiger partial charge in [-0.25, -0.2) is 0 Å². The fourth-order valence-corrected chi connectivity index (χ4v) is 2.12. The number of rotatable bonds is 2. The van der Waals surface area contributed by atoms with Gasteiger partial charge in [0.15, 0.2) is 0 Å². The summed E-state index contributed by atoms with van der Waals surface area (Å²) in [7, 11) is 0. The highest BCUT2D eigenvalue weighted by atomic mass is 79.9. The van der Waals surface area contributed by atoms with Gasteiger partial charge < -0.3 is 9.84 Å². The number of hydrogen-bond donors (Lipinski definition) is 1. The van der Waals surface area contributed by atoms with E-state index in [4.69, 9.17) is 4.52 Å². The van der Waals surface area contributed by atoms with Crippen molar-refractivity contribution in [1.82, 2.24) is 20.4 Å². The lowest BCUT2D eigenvalue weighted by molar-refractivity contribution is 0.345. The third kappa shape index (κ3) is 2.23. The fourth-order valence-electron chi connectivity index (χ4n) is 1.88. The molecule has 6 heteroatoms. The Hall–Kier alpha value is -1.27. The van der Waals surface area contributed by atoms with Gasteiger partial charge in [0.05, 0.1) is 6.04 Å². The highest BCUT2D eigenvalue weighted by Gasteiger charge is 2.22. The summed E-state index contributed by atoms with van der Waals surface area (Å²) in [4.78, 5) is 8.61. The lowest BCUT2D eigenvalue weighted by Gasteiger charge is -2.01. The first kappa shape index (κ1) is 10.9. The summed E-state index contributed by atoms with van der Waals surface area (Å²) in [5, 5.41) is 7.28. The molecule has 5 nitrogen and oxygen atoms in total. The number of nitrogens with zero attached hydrogens (tertiary/aromatic N) is 3. The van der Waals surface area contributed by atoms with E-state index in [1.54, 1.807) is 6.20 Å². The summed E-state index contributed by atoms with van der Waals surface area (Å²) in [6.07, 6.45) is 3.92. The minimum atomic E-state index is 0.201. The standard InChI is InChI=1S/C11H11BrN4O/c12-7-3-4-8(14-6-7)10-15-11(17-16-10)9-2-1-5-13-9/h3-4,6,9,13H,1-2,5H2/t9-/m0/s1. The highest BCUT2D eigenvalue weighted by molar-refractivity contribution is 9.10. The minimum absolute atomic E-state index is 0.201. The second-order valence-electron chi connectivity index (χ2n) is 3.97. The van der Waals surface area contributed by atoms with E-state index in [1.165, 1.54) is 0 Å². The van der Waals surface area contributed by atoms with Gasteiger partial charge in [0, 0.05) is 10.7 Å². The monoisotopic (exact) mass is 294 g/mol. The molecule has 0 amide bonds. The maximum absolute atomic E-state index is 5.26. The van der Waals surface area contributed by atoms with E-state index >= 15 is 0 Å². The van der Waals surface area contributed by atoms with Crippen molar-refractivity contribution in [2.24, 2.45) is 0 Å². The van der Waals surface area contributed by atoms with Crippen molar-refractivity contribution < 1.29 is 4.52 Å². The maximum atomic E-state index is 5.26. The largest absolute Gasteiger partial charge is 0.337 e. The molecule has 88 valence electrons. The van der Waals surface area contributed by atoms with E-state index in [0.29, 0.717) is 11.7 Å². The molecule has 3 heterocycles. The molecule has 3 rings (SSSR count). The highest BCUT2D eigenvalue weighted by Crippen LogP contribution is 2.23. The second-order valence-corrected chi connectivity index (χ2v) is 4.88. The average molecular weight is 295 g/mol. The molecule has 1 saturated heterocycles. The number of nitrogens with one attached hydrogen (secondary N) is 1. The van der Waals surface area contributed by atoms with E-state index in [9.17, 15) is 0 Å². The quantitative estimate of drug-likeness (QED) is 0.921. The summed E-state index contributed by atoms with van der Waals surface area (Å²) < 4.78 is 6.19.